The van der Waals surface area contributed by atoms with Gasteiger partial charge in [-0.25, -0.2) is 4.98 Å². The van der Waals surface area contributed by atoms with Crippen LogP contribution in [0, 0.1) is 6.92 Å². The first-order valence-electron chi connectivity index (χ1n) is 11.1. The number of aromatic nitrogens is 2. The highest BCUT2D eigenvalue weighted by atomic mass is 16.5. The molecule has 0 saturated heterocycles. The van der Waals surface area contributed by atoms with E-state index in [9.17, 15) is 9.59 Å². The number of pyridine rings is 2. The second kappa shape index (κ2) is 10.2. The Morgan fingerprint density at radius 2 is 1.97 bits per heavy atom. The van der Waals surface area contributed by atoms with Gasteiger partial charge in [0.2, 0.25) is 0 Å². The van der Waals surface area contributed by atoms with Crippen LogP contribution in [0.25, 0.3) is 5.57 Å². The van der Waals surface area contributed by atoms with Crippen LogP contribution in [0.15, 0.2) is 60.9 Å². The van der Waals surface area contributed by atoms with E-state index < -0.39 is 11.8 Å². The van der Waals surface area contributed by atoms with E-state index in [1.54, 1.807) is 37.3 Å². The Morgan fingerprint density at radius 3 is 2.65 bits per heavy atom. The summed E-state index contributed by atoms with van der Waals surface area (Å²) >= 11 is 0. The highest BCUT2D eigenvalue weighted by molar-refractivity contribution is 6.44. The Bertz CT molecular complexity index is 1240. The van der Waals surface area contributed by atoms with Crippen LogP contribution in [0.5, 0.6) is 5.75 Å². The number of carbonyl (C=O) groups excluding carboxylic acids is 2. The van der Waals surface area contributed by atoms with E-state index in [4.69, 9.17) is 10.5 Å². The average Bonchev–Trinajstić information content (AvgIpc) is 3.40. The van der Waals surface area contributed by atoms with Gasteiger partial charge in [-0.3, -0.25) is 19.5 Å². The molecule has 3 N–H and O–H groups in total. The summed E-state index contributed by atoms with van der Waals surface area (Å²) in [6, 6.07) is 12.6. The van der Waals surface area contributed by atoms with Crippen molar-refractivity contribution >= 4 is 34.6 Å². The van der Waals surface area contributed by atoms with E-state index in [1.807, 2.05) is 18.3 Å². The Hall–Kier alpha value is -4.20. The number of nitrogens with two attached hydrogens (primary N) is 1. The van der Waals surface area contributed by atoms with Crippen LogP contribution in [0.1, 0.15) is 36.1 Å². The fourth-order valence-corrected chi connectivity index (χ4v) is 3.88. The number of anilines is 3. The Kier molecular flexibility index (Phi) is 6.87. The van der Waals surface area contributed by atoms with Gasteiger partial charge in [0.15, 0.2) is 0 Å². The molecule has 0 saturated carbocycles. The number of benzene rings is 1. The number of nitrogen functional groups attached to an aromatic ring is 1. The highest BCUT2D eigenvalue weighted by Gasteiger charge is 2.26. The van der Waals surface area contributed by atoms with Crippen molar-refractivity contribution in [3.63, 3.8) is 0 Å². The summed E-state index contributed by atoms with van der Waals surface area (Å²) in [6.45, 7) is 1.88. The lowest BCUT2D eigenvalue weighted by Gasteiger charge is -2.24. The topological polar surface area (TPSA) is 110 Å². The molecule has 2 amide bonds. The number of amides is 2. The summed E-state index contributed by atoms with van der Waals surface area (Å²) in [5, 5.41) is 2.61. The number of ether oxygens (including phenoxy) is 1. The van der Waals surface area contributed by atoms with Gasteiger partial charge in [0.25, 0.3) is 0 Å². The summed E-state index contributed by atoms with van der Waals surface area (Å²) in [5.74, 6) is -0.711. The van der Waals surface area contributed by atoms with Crippen molar-refractivity contribution in [2.45, 2.75) is 32.7 Å². The van der Waals surface area contributed by atoms with Crippen LogP contribution in [-0.4, -0.2) is 28.9 Å². The molecule has 34 heavy (non-hydrogen) atoms. The lowest BCUT2D eigenvalue weighted by atomic mass is 10.1. The Labute approximate surface area is 198 Å². The second-order valence-electron chi connectivity index (χ2n) is 8.10. The molecule has 1 aromatic carbocycles. The summed E-state index contributed by atoms with van der Waals surface area (Å²) < 4.78 is 5.45. The molecule has 1 aliphatic rings. The molecule has 0 fully saturated rings. The van der Waals surface area contributed by atoms with Gasteiger partial charge in [-0.05, 0) is 67.2 Å². The number of nitrogens with one attached hydrogen (secondary N) is 1. The lowest BCUT2D eigenvalue weighted by molar-refractivity contribution is -0.134. The van der Waals surface area contributed by atoms with Gasteiger partial charge in [-0.15, -0.1) is 0 Å². The lowest BCUT2D eigenvalue weighted by Crippen LogP contribution is -2.40. The van der Waals surface area contributed by atoms with Crippen molar-refractivity contribution < 1.29 is 14.3 Å². The minimum atomic E-state index is -0.801. The fraction of sp³-hybridized carbons (Fsp3) is 0.231. The number of para-hydroxylation sites is 2. The van der Waals surface area contributed by atoms with Gasteiger partial charge < -0.3 is 15.8 Å². The number of hydrogen-bond acceptors (Lipinski definition) is 6. The molecular formula is C26H27N5O3. The molecular weight excluding hydrogens is 430 g/mol. The molecule has 2 aromatic heterocycles. The summed E-state index contributed by atoms with van der Waals surface area (Å²) in [5.41, 5.74) is 10.3. The molecule has 0 aliphatic heterocycles. The Balaban J connectivity index is 1.60. The third-order valence-corrected chi connectivity index (χ3v) is 5.75. The average molecular weight is 458 g/mol. The van der Waals surface area contributed by atoms with Gasteiger partial charge in [-0.2, -0.15) is 0 Å². The van der Waals surface area contributed by atoms with E-state index in [0.717, 1.165) is 24.8 Å². The monoisotopic (exact) mass is 457 g/mol. The number of hydrogen-bond donors (Lipinski definition) is 2. The highest BCUT2D eigenvalue weighted by Crippen LogP contribution is 2.30. The molecule has 0 bridgehead atoms. The van der Waals surface area contributed by atoms with Gasteiger partial charge in [0.1, 0.15) is 11.6 Å². The maximum absolute atomic E-state index is 13.3. The number of aryl methyl sites for hydroxylation is 1. The fourth-order valence-electron chi connectivity index (χ4n) is 3.88. The van der Waals surface area contributed by atoms with Gasteiger partial charge >= 0.3 is 11.8 Å². The van der Waals surface area contributed by atoms with Gasteiger partial charge in [-0.1, -0.05) is 24.3 Å². The predicted molar refractivity (Wildman–Crippen MR) is 132 cm³/mol. The van der Waals surface area contributed by atoms with Crippen LogP contribution in [0.2, 0.25) is 0 Å². The van der Waals surface area contributed by atoms with Crippen molar-refractivity contribution in [1.82, 2.24) is 9.97 Å². The van der Waals surface area contributed by atoms with Crippen LogP contribution >= 0.6 is 0 Å². The van der Waals surface area contributed by atoms with Crippen LogP contribution in [0.4, 0.5) is 17.2 Å². The molecule has 0 radical (unpaired) electrons. The zero-order chi connectivity index (χ0) is 24.1. The zero-order valence-corrected chi connectivity index (χ0v) is 19.2. The van der Waals surface area contributed by atoms with E-state index in [1.165, 1.54) is 23.8 Å². The summed E-state index contributed by atoms with van der Waals surface area (Å²) in [6.07, 6.45) is 8.77. The summed E-state index contributed by atoms with van der Waals surface area (Å²) in [4.78, 5) is 36.2. The van der Waals surface area contributed by atoms with Crippen LogP contribution in [-0.2, 0) is 16.1 Å². The van der Waals surface area contributed by atoms with Crippen LogP contribution < -0.4 is 20.7 Å². The minimum Gasteiger partial charge on any atom is -0.495 e. The molecule has 3 aromatic rings. The van der Waals surface area contributed by atoms with E-state index >= 15 is 0 Å². The molecule has 8 heteroatoms. The number of allylic oxidation sites excluding steroid dienone is 2. The number of carbonyl (C=O) groups is 2. The zero-order valence-electron chi connectivity index (χ0n) is 19.2. The quantitative estimate of drug-likeness (QED) is 0.539. The van der Waals surface area contributed by atoms with Crippen molar-refractivity contribution in [2.75, 3.05) is 23.1 Å². The smallest absolute Gasteiger partial charge is 0.317 e. The van der Waals surface area contributed by atoms with Gasteiger partial charge in [0, 0.05) is 6.20 Å². The van der Waals surface area contributed by atoms with Crippen molar-refractivity contribution in [1.29, 1.82) is 0 Å². The van der Waals surface area contributed by atoms with Crippen LogP contribution in [0.3, 0.4) is 0 Å². The largest absolute Gasteiger partial charge is 0.495 e. The molecule has 8 nitrogen and oxygen atoms in total. The molecule has 174 valence electrons. The van der Waals surface area contributed by atoms with E-state index in [2.05, 4.69) is 21.4 Å². The molecule has 4 rings (SSSR count). The third-order valence-electron chi connectivity index (χ3n) is 5.75. The van der Waals surface area contributed by atoms with Crippen molar-refractivity contribution in [3.05, 3.63) is 77.8 Å². The SMILES string of the molecule is COc1ccccc1N(Cc1ccc(C2=CCCC2)cn1)C(=O)C(=O)Nc1cnc(N)c(C)c1. The van der Waals surface area contributed by atoms with E-state index in [0.29, 0.717) is 34.2 Å². The molecule has 0 spiro atoms. The maximum Gasteiger partial charge on any atom is 0.317 e. The Morgan fingerprint density at radius 1 is 1.15 bits per heavy atom. The maximum atomic E-state index is 13.3. The predicted octanol–water partition coefficient (Wildman–Crippen LogP) is 4.12. The first kappa shape index (κ1) is 23.0. The van der Waals surface area contributed by atoms with Crippen molar-refractivity contribution in [2.24, 2.45) is 0 Å². The molecule has 0 atom stereocenters. The van der Waals surface area contributed by atoms with Crippen molar-refractivity contribution in [3.8, 4) is 5.75 Å². The number of methoxy groups -OCH3 is 1. The van der Waals surface area contributed by atoms with Gasteiger partial charge in [0.05, 0.1) is 36.9 Å². The first-order valence-corrected chi connectivity index (χ1v) is 11.1. The second-order valence-corrected chi connectivity index (χ2v) is 8.10. The molecule has 1 aliphatic carbocycles. The van der Waals surface area contributed by atoms with E-state index in [-0.39, 0.29) is 6.54 Å². The normalized spacial score (nSPS) is 12.7. The minimum absolute atomic E-state index is 0.102. The third kappa shape index (κ3) is 5.06. The molecule has 0 unspecified atom stereocenters. The standard InChI is InChI=1S/C26H27N5O3/c1-17-13-21(15-29-24(17)27)30-25(32)26(33)31(22-9-5-6-10-23(22)34-2)16-20-12-11-19(14-28-20)18-7-3-4-8-18/h5-7,9-15H,3-4,8,16H2,1-2H3,(H2,27,29)(H,30,32). The summed E-state index contributed by atoms with van der Waals surface area (Å²) in [7, 11) is 1.52. The molecule has 2 heterocycles. The number of nitrogens with zero attached hydrogens (tertiary/aromatic N) is 3. The first-order chi connectivity index (χ1) is 16.5. The number of rotatable bonds is 6.